The van der Waals surface area contributed by atoms with Crippen molar-refractivity contribution in [2.24, 2.45) is 11.8 Å². The fourth-order valence-electron chi connectivity index (χ4n) is 2.38. The second-order valence-corrected chi connectivity index (χ2v) is 6.98. The largest absolute Gasteiger partial charge is 0.396 e. The molecule has 1 aliphatic rings. The molecule has 15 heavy (non-hydrogen) atoms. The van der Waals surface area contributed by atoms with Crippen molar-refractivity contribution in [3.8, 4) is 0 Å². The van der Waals surface area contributed by atoms with E-state index in [4.69, 9.17) is 0 Å². The van der Waals surface area contributed by atoms with Crippen LogP contribution in [0.1, 0.15) is 39.0 Å². The number of rotatable bonds is 6. The number of aliphatic hydroxyl groups excluding tert-OH is 1. The summed E-state index contributed by atoms with van der Waals surface area (Å²) in [5.74, 6) is 1.22. The van der Waals surface area contributed by atoms with Gasteiger partial charge in [-0.05, 0) is 18.3 Å². The molecule has 4 heteroatoms. The predicted molar refractivity (Wildman–Crippen MR) is 61.5 cm³/mol. The molecule has 1 N–H and O–H groups in total. The summed E-state index contributed by atoms with van der Waals surface area (Å²) in [5, 5.41) is 9.26. The van der Waals surface area contributed by atoms with Gasteiger partial charge in [-0.25, -0.2) is 8.42 Å². The van der Waals surface area contributed by atoms with Gasteiger partial charge in [0.25, 0.3) is 0 Å². The van der Waals surface area contributed by atoms with E-state index in [0.29, 0.717) is 12.3 Å². The van der Waals surface area contributed by atoms with Crippen LogP contribution in [0, 0.1) is 11.8 Å². The Morgan fingerprint density at radius 3 is 2.40 bits per heavy atom. The first-order valence-electron chi connectivity index (χ1n) is 5.90. The molecule has 0 amide bonds. The zero-order valence-corrected chi connectivity index (χ0v) is 10.3. The summed E-state index contributed by atoms with van der Waals surface area (Å²) in [5.41, 5.74) is 0. The monoisotopic (exact) mass is 234 g/mol. The van der Waals surface area contributed by atoms with E-state index < -0.39 is 9.84 Å². The Balaban J connectivity index is 2.40. The Labute approximate surface area is 92.8 Å². The normalized spacial score (nSPS) is 20.7. The molecule has 1 unspecified atom stereocenters. The van der Waals surface area contributed by atoms with E-state index in [1.165, 1.54) is 12.8 Å². The molecule has 1 atom stereocenters. The topological polar surface area (TPSA) is 54.4 Å². The van der Waals surface area contributed by atoms with Crippen molar-refractivity contribution in [1.29, 1.82) is 0 Å². The van der Waals surface area contributed by atoms with Crippen LogP contribution in [0.2, 0.25) is 0 Å². The number of sulfone groups is 1. The molecule has 1 rings (SSSR count). The van der Waals surface area contributed by atoms with Gasteiger partial charge in [0.2, 0.25) is 0 Å². The lowest BCUT2D eigenvalue weighted by atomic mass is 9.89. The molecule has 0 aromatic carbocycles. The van der Waals surface area contributed by atoms with Crippen LogP contribution in [-0.4, -0.2) is 31.6 Å². The second-order valence-electron chi connectivity index (χ2n) is 4.51. The van der Waals surface area contributed by atoms with Crippen LogP contribution in [0.3, 0.4) is 0 Å². The fourth-order valence-corrected chi connectivity index (χ4v) is 3.33. The van der Waals surface area contributed by atoms with Crippen LogP contribution in [0.4, 0.5) is 0 Å². The van der Waals surface area contributed by atoms with Crippen LogP contribution < -0.4 is 0 Å². The van der Waals surface area contributed by atoms with Crippen molar-refractivity contribution in [3.05, 3.63) is 0 Å². The Morgan fingerprint density at radius 1 is 1.33 bits per heavy atom. The molecule has 0 bridgehead atoms. The van der Waals surface area contributed by atoms with E-state index in [-0.39, 0.29) is 24.0 Å². The maximum absolute atomic E-state index is 11.4. The van der Waals surface area contributed by atoms with E-state index in [9.17, 15) is 13.5 Å². The Hall–Kier alpha value is -0.0900. The number of hydrogen-bond acceptors (Lipinski definition) is 3. The highest BCUT2D eigenvalue weighted by Gasteiger charge is 2.25. The lowest BCUT2D eigenvalue weighted by molar-refractivity contribution is 0.173. The second kappa shape index (κ2) is 5.85. The predicted octanol–water partition coefficient (Wildman–Crippen LogP) is 1.61. The first kappa shape index (κ1) is 13.0. The average molecular weight is 234 g/mol. The van der Waals surface area contributed by atoms with Gasteiger partial charge < -0.3 is 5.11 Å². The molecule has 0 aromatic heterocycles. The molecule has 0 spiro atoms. The van der Waals surface area contributed by atoms with Crippen LogP contribution in [0.25, 0.3) is 0 Å². The van der Waals surface area contributed by atoms with Gasteiger partial charge in [-0.1, -0.05) is 32.6 Å². The van der Waals surface area contributed by atoms with E-state index in [0.717, 1.165) is 12.8 Å². The van der Waals surface area contributed by atoms with E-state index in [1.54, 1.807) is 6.92 Å². The Morgan fingerprint density at radius 2 is 1.93 bits per heavy atom. The Kier molecular flexibility index (Phi) is 5.06. The molecular weight excluding hydrogens is 212 g/mol. The molecule has 0 saturated heterocycles. The van der Waals surface area contributed by atoms with Crippen molar-refractivity contribution in [1.82, 2.24) is 0 Å². The van der Waals surface area contributed by atoms with Gasteiger partial charge >= 0.3 is 0 Å². The summed E-state index contributed by atoms with van der Waals surface area (Å²) >= 11 is 0. The number of aliphatic hydroxyl groups is 1. The lowest BCUT2D eigenvalue weighted by Crippen LogP contribution is -2.21. The zero-order chi connectivity index (χ0) is 11.3. The van der Waals surface area contributed by atoms with Gasteiger partial charge in [0, 0.05) is 12.4 Å². The number of hydrogen-bond donors (Lipinski definition) is 1. The fraction of sp³-hybridized carbons (Fsp3) is 1.00. The molecule has 0 radical (unpaired) electrons. The third kappa shape index (κ3) is 4.11. The maximum Gasteiger partial charge on any atom is 0.150 e. The molecular formula is C11H22O3S. The molecule has 0 aliphatic heterocycles. The van der Waals surface area contributed by atoms with Crippen molar-refractivity contribution in [3.63, 3.8) is 0 Å². The summed E-state index contributed by atoms with van der Waals surface area (Å²) in [6, 6.07) is 0. The zero-order valence-electron chi connectivity index (χ0n) is 9.48. The first-order valence-corrected chi connectivity index (χ1v) is 7.72. The van der Waals surface area contributed by atoms with Gasteiger partial charge in [0.05, 0.1) is 5.75 Å². The molecule has 3 nitrogen and oxygen atoms in total. The minimum atomic E-state index is -2.87. The summed E-state index contributed by atoms with van der Waals surface area (Å²) in [7, 11) is -2.87. The molecule has 90 valence electrons. The third-order valence-corrected chi connectivity index (χ3v) is 5.28. The quantitative estimate of drug-likeness (QED) is 0.759. The summed E-state index contributed by atoms with van der Waals surface area (Å²) < 4.78 is 22.7. The average Bonchev–Trinajstić information content (AvgIpc) is 2.72. The summed E-state index contributed by atoms with van der Waals surface area (Å²) in [4.78, 5) is 0. The lowest BCUT2D eigenvalue weighted by Gasteiger charge is -2.20. The highest BCUT2D eigenvalue weighted by molar-refractivity contribution is 7.91. The highest BCUT2D eigenvalue weighted by Crippen LogP contribution is 2.33. The van der Waals surface area contributed by atoms with Crippen LogP contribution in [0.5, 0.6) is 0 Å². The minimum absolute atomic E-state index is 0.143. The van der Waals surface area contributed by atoms with Gasteiger partial charge in [-0.3, -0.25) is 0 Å². The van der Waals surface area contributed by atoms with E-state index in [2.05, 4.69) is 0 Å². The van der Waals surface area contributed by atoms with Crippen LogP contribution in [0.15, 0.2) is 0 Å². The molecule has 1 fully saturated rings. The molecule has 0 aromatic rings. The van der Waals surface area contributed by atoms with Crippen LogP contribution >= 0.6 is 0 Å². The van der Waals surface area contributed by atoms with Crippen molar-refractivity contribution >= 4 is 9.84 Å². The van der Waals surface area contributed by atoms with Gasteiger partial charge in [-0.15, -0.1) is 0 Å². The molecule has 1 aliphatic carbocycles. The maximum atomic E-state index is 11.4. The van der Waals surface area contributed by atoms with Gasteiger partial charge in [0.1, 0.15) is 9.84 Å². The summed E-state index contributed by atoms with van der Waals surface area (Å²) in [6.07, 6.45) is 5.44. The highest BCUT2D eigenvalue weighted by atomic mass is 32.2. The van der Waals surface area contributed by atoms with Gasteiger partial charge in [0.15, 0.2) is 0 Å². The molecule has 1 saturated carbocycles. The smallest absolute Gasteiger partial charge is 0.150 e. The Bertz CT molecular complexity index is 266. The van der Waals surface area contributed by atoms with Gasteiger partial charge in [-0.2, -0.15) is 0 Å². The minimum Gasteiger partial charge on any atom is -0.396 e. The van der Waals surface area contributed by atoms with E-state index >= 15 is 0 Å². The summed E-state index contributed by atoms with van der Waals surface area (Å²) in [6.45, 7) is 1.82. The first-order chi connectivity index (χ1) is 7.09. The van der Waals surface area contributed by atoms with E-state index in [1.807, 2.05) is 0 Å². The van der Waals surface area contributed by atoms with Crippen LogP contribution in [-0.2, 0) is 9.84 Å². The third-order valence-electron chi connectivity index (χ3n) is 3.54. The van der Waals surface area contributed by atoms with Crippen molar-refractivity contribution in [2.75, 3.05) is 18.1 Å². The standard InChI is InChI=1S/C11H22O3S/c1-2-15(13,14)8-7-11(9-12)10-5-3-4-6-10/h10-12H,2-9H2,1H3. The SMILES string of the molecule is CCS(=O)(=O)CCC(CO)C1CCCC1. The van der Waals surface area contributed by atoms with Crippen molar-refractivity contribution < 1.29 is 13.5 Å². The molecule has 0 heterocycles. The van der Waals surface area contributed by atoms with Crippen molar-refractivity contribution in [2.45, 2.75) is 39.0 Å².